The van der Waals surface area contributed by atoms with Gasteiger partial charge in [-0.3, -0.25) is 0 Å². The molecule has 0 fully saturated rings. The van der Waals surface area contributed by atoms with Crippen LogP contribution < -0.4 is 0 Å². The molecule has 0 N–H and O–H groups in total. The summed E-state index contributed by atoms with van der Waals surface area (Å²) in [6.45, 7) is 2.07. The molecule has 0 atom stereocenters. The molecule has 0 radical (unpaired) electrons. The first-order valence-corrected chi connectivity index (χ1v) is 3.99. The Kier molecular flexibility index (Phi) is 3.50. The summed E-state index contributed by atoms with van der Waals surface area (Å²) in [4.78, 5) is 27.0. The number of isocyanates is 2. The summed E-state index contributed by atoms with van der Waals surface area (Å²) in [5.41, 5.74) is 2.19. The van der Waals surface area contributed by atoms with E-state index in [4.69, 9.17) is 0 Å². The molecule has 0 spiro atoms. The Morgan fingerprint density at radius 2 is 2.07 bits per heavy atom. The molecule has 0 aromatic heterocycles. The maximum absolute atomic E-state index is 10.1. The van der Waals surface area contributed by atoms with Crippen molar-refractivity contribution >= 4 is 17.8 Å². The zero-order valence-electron chi connectivity index (χ0n) is 7.65. The topological polar surface area (TPSA) is 58.9 Å². The maximum atomic E-state index is 10.1. The molecule has 0 aliphatic rings. The third-order valence-electron chi connectivity index (χ3n) is 1.72. The normalized spacial score (nSPS) is 8.64. The molecule has 0 aliphatic heterocycles. The van der Waals surface area contributed by atoms with Gasteiger partial charge < -0.3 is 0 Å². The maximum Gasteiger partial charge on any atom is 0.240 e. The van der Waals surface area contributed by atoms with E-state index in [1.165, 1.54) is 12.2 Å². The van der Waals surface area contributed by atoms with Gasteiger partial charge in [0.1, 0.15) is 0 Å². The summed E-state index contributed by atoms with van der Waals surface area (Å²) >= 11 is 0. The Bertz CT molecular complexity index is 428. The number of nitrogens with zero attached hydrogens (tertiary/aromatic N) is 2. The van der Waals surface area contributed by atoms with E-state index < -0.39 is 0 Å². The fourth-order valence-corrected chi connectivity index (χ4v) is 1.08. The van der Waals surface area contributed by atoms with Crippen molar-refractivity contribution in [1.29, 1.82) is 0 Å². The van der Waals surface area contributed by atoms with Crippen LogP contribution in [0.1, 0.15) is 11.1 Å². The Hall–Kier alpha value is -2.02. The van der Waals surface area contributed by atoms with Crippen LogP contribution in [0.2, 0.25) is 0 Å². The highest BCUT2D eigenvalue weighted by atomic mass is 16.1. The molecule has 0 heterocycles. The second-order valence-electron chi connectivity index (χ2n) is 2.74. The van der Waals surface area contributed by atoms with Crippen LogP contribution in [-0.4, -0.2) is 12.2 Å². The zero-order valence-corrected chi connectivity index (χ0v) is 7.65. The quantitative estimate of drug-likeness (QED) is 0.536. The van der Waals surface area contributed by atoms with Crippen LogP contribution in [0.15, 0.2) is 28.2 Å². The van der Waals surface area contributed by atoms with E-state index in [2.05, 4.69) is 9.98 Å². The van der Waals surface area contributed by atoms with E-state index in [0.29, 0.717) is 11.3 Å². The highest BCUT2D eigenvalue weighted by Crippen LogP contribution is 2.20. The average molecular weight is 188 g/mol. The van der Waals surface area contributed by atoms with Crippen LogP contribution in [0.3, 0.4) is 0 Å². The molecule has 70 valence electrons. The molecule has 4 heteroatoms. The molecule has 0 saturated heterocycles. The predicted octanol–water partition coefficient (Wildman–Crippen LogP) is 1.80. The van der Waals surface area contributed by atoms with E-state index >= 15 is 0 Å². The molecule has 1 rings (SSSR count). The lowest BCUT2D eigenvalue weighted by Crippen LogP contribution is -1.83. The molecule has 1 aromatic rings. The fourth-order valence-electron chi connectivity index (χ4n) is 1.08. The lowest BCUT2D eigenvalue weighted by molar-refractivity contribution is 0.563. The number of rotatable bonds is 3. The van der Waals surface area contributed by atoms with Crippen LogP contribution in [0.4, 0.5) is 5.69 Å². The minimum Gasteiger partial charge on any atom is -0.211 e. The van der Waals surface area contributed by atoms with Crippen LogP contribution in [-0.2, 0) is 16.1 Å². The highest BCUT2D eigenvalue weighted by molar-refractivity contribution is 5.55. The Balaban J connectivity index is 3.13. The predicted molar refractivity (Wildman–Crippen MR) is 50.8 cm³/mol. The van der Waals surface area contributed by atoms with E-state index in [9.17, 15) is 9.59 Å². The van der Waals surface area contributed by atoms with E-state index in [-0.39, 0.29) is 6.54 Å². The van der Waals surface area contributed by atoms with E-state index in [1.807, 2.05) is 13.0 Å². The summed E-state index contributed by atoms with van der Waals surface area (Å²) in [5, 5.41) is 0. The van der Waals surface area contributed by atoms with Crippen molar-refractivity contribution in [2.45, 2.75) is 13.5 Å². The summed E-state index contributed by atoms with van der Waals surface area (Å²) in [5.74, 6) is 0. The third kappa shape index (κ3) is 2.49. The van der Waals surface area contributed by atoms with Gasteiger partial charge in [0.2, 0.25) is 12.2 Å². The van der Waals surface area contributed by atoms with Crippen molar-refractivity contribution in [3.05, 3.63) is 29.3 Å². The third-order valence-corrected chi connectivity index (χ3v) is 1.72. The molecule has 4 nitrogen and oxygen atoms in total. The van der Waals surface area contributed by atoms with Gasteiger partial charge in [0.05, 0.1) is 12.2 Å². The summed E-state index contributed by atoms with van der Waals surface area (Å²) in [7, 11) is 0. The average Bonchev–Trinajstić information content (AvgIpc) is 2.17. The monoisotopic (exact) mass is 188 g/mol. The number of carbonyl (C=O) groups excluding carboxylic acids is 2. The molecular formula is C10H8N2O2. The van der Waals surface area contributed by atoms with Crippen molar-refractivity contribution in [3.8, 4) is 0 Å². The molecule has 1 aromatic carbocycles. The van der Waals surface area contributed by atoms with E-state index in [1.54, 1.807) is 12.1 Å². The molecule has 0 aliphatic carbocycles. The smallest absolute Gasteiger partial charge is 0.211 e. The SMILES string of the molecule is Cc1ccc(CN=C=O)c(N=C=O)c1. The molecule has 14 heavy (non-hydrogen) atoms. The van der Waals surface area contributed by atoms with E-state index in [0.717, 1.165) is 5.56 Å². The zero-order chi connectivity index (χ0) is 10.4. The second kappa shape index (κ2) is 4.87. The number of benzene rings is 1. The van der Waals surface area contributed by atoms with Gasteiger partial charge in [-0.25, -0.2) is 14.6 Å². The van der Waals surface area contributed by atoms with Crippen molar-refractivity contribution in [3.63, 3.8) is 0 Å². The minimum atomic E-state index is 0.185. The van der Waals surface area contributed by atoms with Gasteiger partial charge in [0.15, 0.2) is 0 Å². The van der Waals surface area contributed by atoms with Gasteiger partial charge in [-0.1, -0.05) is 12.1 Å². The first kappa shape index (κ1) is 10.1. The summed E-state index contributed by atoms with van der Waals surface area (Å²) < 4.78 is 0. The minimum absolute atomic E-state index is 0.185. The van der Waals surface area contributed by atoms with Gasteiger partial charge in [-0.05, 0) is 18.6 Å². The van der Waals surface area contributed by atoms with Crippen LogP contribution in [0.25, 0.3) is 0 Å². The van der Waals surface area contributed by atoms with Crippen molar-refractivity contribution in [2.75, 3.05) is 0 Å². The van der Waals surface area contributed by atoms with Gasteiger partial charge in [0, 0.05) is 5.56 Å². The largest absolute Gasteiger partial charge is 0.240 e. The van der Waals surface area contributed by atoms with Crippen molar-refractivity contribution in [2.24, 2.45) is 9.98 Å². The lowest BCUT2D eigenvalue weighted by atomic mass is 10.1. The van der Waals surface area contributed by atoms with Crippen LogP contribution >= 0.6 is 0 Å². The fraction of sp³-hybridized carbons (Fsp3) is 0.200. The standard InChI is InChI=1S/C10H8N2O2/c1-8-2-3-9(5-11-6-13)10(4-8)12-7-14/h2-4H,5H2,1H3. The van der Waals surface area contributed by atoms with Gasteiger partial charge in [-0.15, -0.1) is 0 Å². The summed E-state index contributed by atoms with van der Waals surface area (Å²) in [6, 6.07) is 5.37. The Labute approximate surface area is 81.0 Å². The van der Waals surface area contributed by atoms with Gasteiger partial charge in [-0.2, -0.15) is 4.99 Å². The molecule has 0 amide bonds. The molecular weight excluding hydrogens is 180 g/mol. The number of aryl methyl sites for hydroxylation is 1. The van der Waals surface area contributed by atoms with Gasteiger partial charge >= 0.3 is 0 Å². The van der Waals surface area contributed by atoms with Crippen molar-refractivity contribution in [1.82, 2.24) is 0 Å². The summed E-state index contributed by atoms with van der Waals surface area (Å²) in [6.07, 6.45) is 2.90. The highest BCUT2D eigenvalue weighted by Gasteiger charge is 2.00. The number of hydrogen-bond donors (Lipinski definition) is 0. The van der Waals surface area contributed by atoms with Crippen molar-refractivity contribution < 1.29 is 9.59 Å². The Morgan fingerprint density at radius 3 is 2.71 bits per heavy atom. The molecule has 0 saturated carbocycles. The Morgan fingerprint density at radius 1 is 1.29 bits per heavy atom. The molecule has 0 bridgehead atoms. The second-order valence-corrected chi connectivity index (χ2v) is 2.74. The first-order chi connectivity index (χ1) is 6.77. The van der Waals surface area contributed by atoms with Crippen LogP contribution in [0, 0.1) is 6.92 Å². The van der Waals surface area contributed by atoms with Gasteiger partial charge in [0.25, 0.3) is 0 Å². The number of hydrogen-bond acceptors (Lipinski definition) is 4. The van der Waals surface area contributed by atoms with Crippen LogP contribution in [0.5, 0.6) is 0 Å². The number of aliphatic imine (C=N–C) groups is 2. The lowest BCUT2D eigenvalue weighted by Gasteiger charge is -2.00. The molecule has 0 unspecified atom stereocenters. The first-order valence-electron chi connectivity index (χ1n) is 3.99.